The molecule has 0 radical (unpaired) electrons. The maximum Gasteiger partial charge on any atom is 0.214 e. The summed E-state index contributed by atoms with van der Waals surface area (Å²) in [5.41, 5.74) is 0. The van der Waals surface area contributed by atoms with Crippen molar-refractivity contribution in [2.24, 2.45) is 11.8 Å². The highest BCUT2D eigenvalue weighted by atomic mass is 32.2. The van der Waals surface area contributed by atoms with Gasteiger partial charge < -0.3 is 5.11 Å². The number of rotatable bonds is 5. The Hall–Kier alpha value is -0.130. The Morgan fingerprint density at radius 1 is 1.21 bits per heavy atom. The lowest BCUT2D eigenvalue weighted by atomic mass is 9.95. The molecule has 3 unspecified atom stereocenters. The van der Waals surface area contributed by atoms with Gasteiger partial charge in [0.15, 0.2) is 0 Å². The van der Waals surface area contributed by atoms with Gasteiger partial charge in [-0.05, 0) is 38.0 Å². The smallest absolute Gasteiger partial charge is 0.214 e. The molecule has 19 heavy (non-hydrogen) atoms. The molecule has 0 aromatic heterocycles. The third-order valence-electron chi connectivity index (χ3n) is 4.58. The van der Waals surface area contributed by atoms with E-state index < -0.39 is 10.0 Å². The van der Waals surface area contributed by atoms with Crippen molar-refractivity contribution in [3.63, 3.8) is 0 Å². The molecule has 2 fully saturated rings. The minimum Gasteiger partial charge on any atom is -0.393 e. The Morgan fingerprint density at radius 3 is 2.53 bits per heavy atom. The van der Waals surface area contributed by atoms with Crippen LogP contribution in [0.3, 0.4) is 0 Å². The van der Waals surface area contributed by atoms with Gasteiger partial charge in [-0.1, -0.05) is 20.3 Å². The van der Waals surface area contributed by atoms with E-state index in [9.17, 15) is 13.5 Å². The van der Waals surface area contributed by atoms with Gasteiger partial charge in [-0.15, -0.1) is 0 Å². The molecular weight excluding hydrogens is 262 g/mol. The van der Waals surface area contributed by atoms with Crippen LogP contribution in [0.15, 0.2) is 0 Å². The summed E-state index contributed by atoms with van der Waals surface area (Å²) in [7, 11) is -3.14. The molecule has 1 aliphatic heterocycles. The largest absolute Gasteiger partial charge is 0.393 e. The third kappa shape index (κ3) is 3.50. The summed E-state index contributed by atoms with van der Waals surface area (Å²) >= 11 is 0. The molecule has 1 N–H and O–H groups in total. The van der Waals surface area contributed by atoms with Crippen LogP contribution in [-0.4, -0.2) is 42.3 Å². The van der Waals surface area contributed by atoms with E-state index >= 15 is 0 Å². The molecule has 0 bridgehead atoms. The molecule has 1 saturated heterocycles. The molecule has 0 aromatic rings. The van der Waals surface area contributed by atoms with Crippen molar-refractivity contribution in [3.05, 3.63) is 0 Å². The summed E-state index contributed by atoms with van der Waals surface area (Å²) in [6, 6.07) is 0.0506. The minimum atomic E-state index is -3.14. The molecule has 5 heteroatoms. The molecule has 3 atom stereocenters. The van der Waals surface area contributed by atoms with Gasteiger partial charge in [0.2, 0.25) is 10.0 Å². The van der Waals surface area contributed by atoms with Gasteiger partial charge in [-0.3, -0.25) is 0 Å². The van der Waals surface area contributed by atoms with Gasteiger partial charge >= 0.3 is 0 Å². The first-order valence-electron chi connectivity index (χ1n) is 7.59. The lowest BCUT2D eigenvalue weighted by molar-refractivity contribution is 0.0974. The van der Waals surface area contributed by atoms with E-state index in [4.69, 9.17) is 0 Å². The first kappa shape index (κ1) is 15.3. The van der Waals surface area contributed by atoms with Gasteiger partial charge in [0, 0.05) is 18.5 Å². The van der Waals surface area contributed by atoms with Crippen LogP contribution in [0.1, 0.15) is 52.4 Å². The van der Waals surface area contributed by atoms with Gasteiger partial charge in [0.1, 0.15) is 0 Å². The number of aliphatic hydroxyl groups excluding tert-OH is 1. The molecule has 4 nitrogen and oxygen atoms in total. The van der Waals surface area contributed by atoms with E-state index in [1.807, 2.05) is 0 Å². The Morgan fingerprint density at radius 2 is 1.95 bits per heavy atom. The van der Waals surface area contributed by atoms with Crippen LogP contribution in [0.2, 0.25) is 0 Å². The second-order valence-corrected chi connectivity index (χ2v) is 8.52. The van der Waals surface area contributed by atoms with Crippen molar-refractivity contribution in [1.82, 2.24) is 4.31 Å². The lowest BCUT2D eigenvalue weighted by Gasteiger charge is -2.30. The molecule has 1 saturated carbocycles. The van der Waals surface area contributed by atoms with Gasteiger partial charge in [0.25, 0.3) is 0 Å². The van der Waals surface area contributed by atoms with Crippen LogP contribution in [0.5, 0.6) is 0 Å². The third-order valence-corrected chi connectivity index (χ3v) is 6.50. The fourth-order valence-electron chi connectivity index (χ4n) is 3.46. The standard InChI is InChI=1S/C14H27NO3S/c1-11(2)8-10-19(17,18)15-9-4-6-13(15)12-5-3-7-14(12)16/h11-14,16H,3-10H2,1-2H3. The van der Waals surface area contributed by atoms with Gasteiger partial charge in [0.05, 0.1) is 11.9 Å². The minimum absolute atomic E-state index is 0.0506. The highest BCUT2D eigenvalue weighted by Crippen LogP contribution is 2.37. The molecule has 2 rings (SSSR count). The molecule has 0 spiro atoms. The van der Waals surface area contributed by atoms with Crippen molar-refractivity contribution < 1.29 is 13.5 Å². The lowest BCUT2D eigenvalue weighted by Crippen LogP contribution is -2.43. The van der Waals surface area contributed by atoms with Crippen LogP contribution < -0.4 is 0 Å². The summed E-state index contributed by atoms with van der Waals surface area (Å²) in [5.74, 6) is 0.827. The van der Waals surface area contributed by atoms with Crippen LogP contribution in [-0.2, 0) is 10.0 Å². The molecule has 1 heterocycles. The average molecular weight is 289 g/mol. The first-order chi connectivity index (χ1) is 8.92. The van der Waals surface area contributed by atoms with Crippen molar-refractivity contribution in [3.8, 4) is 0 Å². The number of hydrogen-bond acceptors (Lipinski definition) is 3. The topological polar surface area (TPSA) is 57.6 Å². The summed E-state index contributed by atoms with van der Waals surface area (Å²) in [4.78, 5) is 0. The zero-order valence-electron chi connectivity index (χ0n) is 12.1. The summed E-state index contributed by atoms with van der Waals surface area (Å²) in [6.07, 6.45) is 5.12. The normalized spacial score (nSPS) is 33.4. The Labute approximate surface area is 117 Å². The van der Waals surface area contributed by atoms with E-state index in [0.29, 0.717) is 12.5 Å². The van der Waals surface area contributed by atoms with E-state index in [1.165, 1.54) is 0 Å². The average Bonchev–Trinajstić information content (AvgIpc) is 2.94. The second-order valence-electron chi connectivity index (χ2n) is 6.48. The highest BCUT2D eigenvalue weighted by Gasteiger charge is 2.42. The Bertz CT molecular complexity index is 393. The van der Waals surface area contributed by atoms with Crippen molar-refractivity contribution >= 4 is 10.0 Å². The molecule has 1 aliphatic carbocycles. The highest BCUT2D eigenvalue weighted by molar-refractivity contribution is 7.89. The Balaban J connectivity index is 2.05. The number of nitrogens with zero attached hydrogens (tertiary/aromatic N) is 1. The van der Waals surface area contributed by atoms with Crippen LogP contribution in [0.25, 0.3) is 0 Å². The van der Waals surface area contributed by atoms with Crippen molar-refractivity contribution in [2.75, 3.05) is 12.3 Å². The van der Waals surface area contributed by atoms with Crippen molar-refractivity contribution in [2.45, 2.75) is 64.5 Å². The van der Waals surface area contributed by atoms with Gasteiger partial charge in [-0.2, -0.15) is 4.31 Å². The Kier molecular flexibility index (Phi) is 4.90. The number of sulfonamides is 1. The van der Waals surface area contributed by atoms with E-state index in [2.05, 4.69) is 13.8 Å². The fourth-order valence-corrected chi connectivity index (χ4v) is 5.54. The number of hydrogen-bond donors (Lipinski definition) is 1. The summed E-state index contributed by atoms with van der Waals surface area (Å²) in [5, 5.41) is 10.0. The van der Waals surface area contributed by atoms with Crippen LogP contribution >= 0.6 is 0 Å². The molecule has 112 valence electrons. The van der Waals surface area contributed by atoms with E-state index in [0.717, 1.165) is 38.5 Å². The first-order valence-corrected chi connectivity index (χ1v) is 9.20. The van der Waals surface area contributed by atoms with Crippen LogP contribution in [0, 0.1) is 11.8 Å². The van der Waals surface area contributed by atoms with E-state index in [-0.39, 0.29) is 23.8 Å². The van der Waals surface area contributed by atoms with E-state index in [1.54, 1.807) is 4.31 Å². The maximum atomic E-state index is 12.5. The molecule has 0 aromatic carbocycles. The second kappa shape index (κ2) is 6.10. The SMILES string of the molecule is CC(C)CCS(=O)(=O)N1CCCC1C1CCCC1O. The number of aliphatic hydroxyl groups is 1. The molecular formula is C14H27NO3S. The van der Waals surface area contributed by atoms with Crippen LogP contribution in [0.4, 0.5) is 0 Å². The fraction of sp³-hybridized carbons (Fsp3) is 1.00. The summed E-state index contributed by atoms with van der Waals surface area (Å²) in [6.45, 7) is 4.75. The maximum absolute atomic E-state index is 12.5. The predicted octanol–water partition coefficient (Wildman–Crippen LogP) is 1.99. The van der Waals surface area contributed by atoms with Gasteiger partial charge in [-0.25, -0.2) is 8.42 Å². The zero-order valence-corrected chi connectivity index (χ0v) is 12.9. The monoisotopic (exact) mass is 289 g/mol. The molecule has 0 amide bonds. The van der Waals surface area contributed by atoms with Crippen molar-refractivity contribution in [1.29, 1.82) is 0 Å². The quantitative estimate of drug-likeness (QED) is 0.842. The molecule has 2 aliphatic rings. The predicted molar refractivity (Wildman–Crippen MR) is 76.3 cm³/mol. The zero-order chi connectivity index (χ0) is 14.0. The summed E-state index contributed by atoms with van der Waals surface area (Å²) < 4.78 is 26.6.